The fraction of sp³-hybridized carbons (Fsp3) is 0.417. The number of nitrogens with zero attached hydrogens (tertiary/aromatic N) is 1. The standard InChI is InChI=1S/C12H15BrN2S/c1-3-8(2)7-15-11-5-4-9(13)6-10(11)14-12(15)16/h4-6,8H,3,7H2,1-2H3,(H,14,16). The summed E-state index contributed by atoms with van der Waals surface area (Å²) in [5.74, 6) is 0.648. The van der Waals surface area contributed by atoms with Crippen LogP contribution in [0.2, 0.25) is 0 Å². The number of aromatic amines is 1. The number of H-pyrrole nitrogens is 1. The lowest BCUT2D eigenvalue weighted by Crippen LogP contribution is -2.06. The van der Waals surface area contributed by atoms with Crippen LogP contribution >= 0.6 is 28.1 Å². The predicted octanol–water partition coefficient (Wildman–Crippen LogP) is 4.51. The lowest BCUT2D eigenvalue weighted by molar-refractivity contribution is 0.473. The Balaban J connectivity index is 2.52. The number of halogens is 1. The summed E-state index contributed by atoms with van der Waals surface area (Å²) in [7, 11) is 0. The Bertz CT molecular complexity index is 556. The Kier molecular flexibility index (Phi) is 3.50. The minimum atomic E-state index is 0.648. The Hall–Kier alpha value is -0.610. The van der Waals surface area contributed by atoms with E-state index in [2.05, 4.69) is 57.5 Å². The van der Waals surface area contributed by atoms with Gasteiger partial charge in [0.25, 0.3) is 0 Å². The van der Waals surface area contributed by atoms with Gasteiger partial charge in [0.05, 0.1) is 11.0 Å². The monoisotopic (exact) mass is 298 g/mol. The maximum absolute atomic E-state index is 5.35. The maximum Gasteiger partial charge on any atom is 0.178 e. The molecule has 0 bridgehead atoms. The Morgan fingerprint density at radius 3 is 2.94 bits per heavy atom. The molecule has 2 nitrogen and oxygen atoms in total. The molecular weight excluding hydrogens is 284 g/mol. The number of hydrogen-bond donors (Lipinski definition) is 1. The van der Waals surface area contributed by atoms with Crippen molar-refractivity contribution in [3.63, 3.8) is 0 Å². The predicted molar refractivity (Wildman–Crippen MR) is 74.3 cm³/mol. The number of imidazole rings is 1. The first-order valence-corrected chi connectivity index (χ1v) is 6.70. The summed E-state index contributed by atoms with van der Waals surface area (Å²) in [6.07, 6.45) is 1.17. The fourth-order valence-electron chi connectivity index (χ4n) is 1.76. The average Bonchev–Trinajstić information content (AvgIpc) is 2.54. The first kappa shape index (κ1) is 11.9. The fourth-order valence-corrected chi connectivity index (χ4v) is 2.40. The number of rotatable bonds is 3. The zero-order chi connectivity index (χ0) is 11.7. The average molecular weight is 299 g/mol. The van der Waals surface area contributed by atoms with Crippen LogP contribution in [0.1, 0.15) is 20.3 Å². The smallest absolute Gasteiger partial charge is 0.178 e. The number of fused-ring (bicyclic) bond motifs is 1. The normalized spacial score (nSPS) is 13.2. The van der Waals surface area contributed by atoms with Crippen LogP contribution in [0.5, 0.6) is 0 Å². The van der Waals surface area contributed by atoms with E-state index in [0.717, 1.165) is 21.3 Å². The molecule has 0 aliphatic heterocycles. The van der Waals surface area contributed by atoms with Crippen LogP contribution < -0.4 is 0 Å². The molecule has 0 spiro atoms. The van der Waals surface area contributed by atoms with Gasteiger partial charge in [-0.1, -0.05) is 36.2 Å². The summed E-state index contributed by atoms with van der Waals surface area (Å²) in [6.45, 7) is 5.44. The van der Waals surface area contributed by atoms with E-state index < -0.39 is 0 Å². The zero-order valence-corrected chi connectivity index (χ0v) is 11.9. The number of benzene rings is 1. The van der Waals surface area contributed by atoms with E-state index in [1.807, 2.05) is 0 Å². The second-order valence-electron chi connectivity index (χ2n) is 4.22. The first-order valence-electron chi connectivity index (χ1n) is 5.50. The number of hydrogen-bond acceptors (Lipinski definition) is 1. The van der Waals surface area contributed by atoms with Gasteiger partial charge in [0, 0.05) is 11.0 Å². The molecule has 16 heavy (non-hydrogen) atoms. The topological polar surface area (TPSA) is 20.7 Å². The highest BCUT2D eigenvalue weighted by Gasteiger charge is 2.07. The van der Waals surface area contributed by atoms with Crippen LogP contribution in [-0.4, -0.2) is 9.55 Å². The highest BCUT2D eigenvalue weighted by atomic mass is 79.9. The van der Waals surface area contributed by atoms with Crippen molar-refractivity contribution in [2.45, 2.75) is 26.8 Å². The highest BCUT2D eigenvalue weighted by molar-refractivity contribution is 9.10. The summed E-state index contributed by atoms with van der Waals surface area (Å²) in [5.41, 5.74) is 2.29. The van der Waals surface area contributed by atoms with Gasteiger partial charge in [-0.2, -0.15) is 0 Å². The molecule has 1 atom stereocenters. The van der Waals surface area contributed by atoms with Gasteiger partial charge in [-0.15, -0.1) is 0 Å². The summed E-state index contributed by atoms with van der Waals surface area (Å²) in [4.78, 5) is 3.25. The third kappa shape index (κ3) is 2.23. The molecule has 1 heterocycles. The molecule has 0 fully saturated rings. The molecule has 1 aromatic carbocycles. The van der Waals surface area contributed by atoms with Crippen LogP contribution in [0.3, 0.4) is 0 Å². The van der Waals surface area contributed by atoms with Gasteiger partial charge in [-0.3, -0.25) is 0 Å². The van der Waals surface area contributed by atoms with Crippen molar-refractivity contribution in [2.24, 2.45) is 5.92 Å². The van der Waals surface area contributed by atoms with E-state index in [0.29, 0.717) is 5.92 Å². The molecule has 0 radical (unpaired) electrons. The van der Waals surface area contributed by atoms with Crippen molar-refractivity contribution in [3.05, 3.63) is 27.4 Å². The van der Waals surface area contributed by atoms with Gasteiger partial charge in [0.1, 0.15) is 0 Å². The zero-order valence-electron chi connectivity index (χ0n) is 9.46. The van der Waals surface area contributed by atoms with E-state index in [1.165, 1.54) is 11.9 Å². The number of nitrogens with one attached hydrogen (secondary N) is 1. The minimum absolute atomic E-state index is 0.648. The van der Waals surface area contributed by atoms with Crippen LogP contribution in [0, 0.1) is 10.7 Å². The first-order chi connectivity index (χ1) is 7.61. The van der Waals surface area contributed by atoms with Crippen LogP contribution in [0.15, 0.2) is 22.7 Å². The molecule has 1 N–H and O–H groups in total. The highest BCUT2D eigenvalue weighted by Crippen LogP contribution is 2.20. The van der Waals surface area contributed by atoms with E-state index in [9.17, 15) is 0 Å². The van der Waals surface area contributed by atoms with Gasteiger partial charge in [-0.25, -0.2) is 0 Å². The Labute approximate surface area is 109 Å². The molecule has 4 heteroatoms. The molecule has 0 saturated heterocycles. The van der Waals surface area contributed by atoms with E-state index in [4.69, 9.17) is 12.2 Å². The largest absolute Gasteiger partial charge is 0.331 e. The molecule has 0 amide bonds. The van der Waals surface area contributed by atoms with Gasteiger partial charge >= 0.3 is 0 Å². The third-order valence-electron chi connectivity index (χ3n) is 2.93. The minimum Gasteiger partial charge on any atom is -0.331 e. The lowest BCUT2D eigenvalue weighted by Gasteiger charge is -2.10. The summed E-state index contributed by atoms with van der Waals surface area (Å²) < 4.78 is 4.07. The molecule has 0 saturated carbocycles. The van der Waals surface area contributed by atoms with Crippen LogP contribution in [-0.2, 0) is 6.54 Å². The summed E-state index contributed by atoms with van der Waals surface area (Å²) >= 11 is 8.82. The molecule has 2 aromatic rings. The van der Waals surface area contributed by atoms with E-state index >= 15 is 0 Å². The second kappa shape index (κ2) is 4.72. The molecule has 1 aromatic heterocycles. The molecule has 2 rings (SSSR count). The van der Waals surface area contributed by atoms with E-state index in [-0.39, 0.29) is 0 Å². The van der Waals surface area contributed by atoms with Gasteiger partial charge in [0.15, 0.2) is 4.77 Å². The van der Waals surface area contributed by atoms with Crippen LogP contribution in [0.4, 0.5) is 0 Å². The van der Waals surface area contributed by atoms with Crippen molar-refractivity contribution < 1.29 is 0 Å². The Morgan fingerprint density at radius 1 is 1.50 bits per heavy atom. The Morgan fingerprint density at radius 2 is 2.25 bits per heavy atom. The van der Waals surface area contributed by atoms with Crippen molar-refractivity contribution in [1.29, 1.82) is 0 Å². The van der Waals surface area contributed by atoms with Crippen molar-refractivity contribution in [2.75, 3.05) is 0 Å². The third-order valence-corrected chi connectivity index (χ3v) is 3.74. The van der Waals surface area contributed by atoms with Crippen molar-refractivity contribution in [3.8, 4) is 0 Å². The van der Waals surface area contributed by atoms with Crippen LogP contribution in [0.25, 0.3) is 11.0 Å². The van der Waals surface area contributed by atoms with Gasteiger partial charge < -0.3 is 9.55 Å². The summed E-state index contributed by atoms with van der Waals surface area (Å²) in [5, 5.41) is 0. The summed E-state index contributed by atoms with van der Waals surface area (Å²) in [6, 6.07) is 6.23. The molecule has 1 unspecified atom stereocenters. The van der Waals surface area contributed by atoms with E-state index in [1.54, 1.807) is 0 Å². The lowest BCUT2D eigenvalue weighted by atomic mass is 10.1. The molecule has 86 valence electrons. The van der Waals surface area contributed by atoms with Crippen molar-refractivity contribution in [1.82, 2.24) is 9.55 Å². The second-order valence-corrected chi connectivity index (χ2v) is 5.52. The molecular formula is C12H15BrN2S. The van der Waals surface area contributed by atoms with Gasteiger partial charge in [0.2, 0.25) is 0 Å². The molecule has 0 aliphatic carbocycles. The quantitative estimate of drug-likeness (QED) is 0.827. The SMILES string of the molecule is CCC(C)Cn1c(=S)[nH]c2cc(Br)ccc21. The van der Waals surface area contributed by atoms with Crippen molar-refractivity contribution >= 4 is 39.2 Å². The maximum atomic E-state index is 5.35. The molecule has 0 aliphatic rings. The van der Waals surface area contributed by atoms with Gasteiger partial charge in [-0.05, 0) is 36.3 Å². The number of aromatic nitrogens is 2.